The molecule has 1 fully saturated rings. The minimum atomic E-state index is -1.18. The summed E-state index contributed by atoms with van der Waals surface area (Å²) in [6, 6.07) is 2.30. The highest BCUT2D eigenvalue weighted by molar-refractivity contribution is 5.95. The third kappa shape index (κ3) is 2.63. The van der Waals surface area contributed by atoms with Crippen molar-refractivity contribution in [2.75, 3.05) is 23.7 Å². The van der Waals surface area contributed by atoms with Crippen LogP contribution in [0.3, 0.4) is 0 Å². The minimum absolute atomic E-state index is 0.0129. The fraction of sp³-hybridized carbons (Fsp3) is 0.462. The van der Waals surface area contributed by atoms with Crippen molar-refractivity contribution >= 4 is 17.3 Å². The first-order valence-corrected chi connectivity index (χ1v) is 6.15. The summed E-state index contributed by atoms with van der Waals surface area (Å²) in [5, 5.41) is 18.7. The molecule has 0 bridgehead atoms. The number of anilines is 2. The number of carboxylic acids is 1. The number of aliphatic hydroxyl groups excluding tert-OH is 1. The molecular formula is C13H17FN2O3. The average molecular weight is 268 g/mol. The van der Waals surface area contributed by atoms with Gasteiger partial charge in [0, 0.05) is 18.8 Å². The second kappa shape index (κ2) is 5.05. The third-order valence-corrected chi connectivity index (χ3v) is 3.55. The van der Waals surface area contributed by atoms with Gasteiger partial charge in [0.15, 0.2) is 0 Å². The number of nitrogen functional groups attached to an aromatic ring is 1. The van der Waals surface area contributed by atoms with E-state index < -0.39 is 17.9 Å². The fourth-order valence-electron chi connectivity index (χ4n) is 2.36. The van der Waals surface area contributed by atoms with Crippen LogP contribution < -0.4 is 10.6 Å². The van der Waals surface area contributed by atoms with E-state index in [2.05, 4.69) is 0 Å². The number of carbonyl (C=O) groups is 1. The lowest BCUT2D eigenvalue weighted by Gasteiger charge is -2.36. The molecule has 0 saturated carbocycles. The number of aliphatic hydroxyl groups is 1. The van der Waals surface area contributed by atoms with Crippen molar-refractivity contribution in [2.45, 2.75) is 19.4 Å². The Hall–Kier alpha value is -1.82. The summed E-state index contributed by atoms with van der Waals surface area (Å²) >= 11 is 0. The lowest BCUT2D eigenvalue weighted by atomic mass is 9.96. The van der Waals surface area contributed by atoms with Crippen LogP contribution >= 0.6 is 0 Å². The molecule has 2 unspecified atom stereocenters. The Bertz CT molecular complexity index is 507. The Morgan fingerprint density at radius 1 is 1.53 bits per heavy atom. The topological polar surface area (TPSA) is 86.8 Å². The van der Waals surface area contributed by atoms with E-state index in [1.165, 1.54) is 6.07 Å². The molecule has 0 aromatic heterocycles. The summed E-state index contributed by atoms with van der Waals surface area (Å²) in [6.45, 7) is 2.86. The van der Waals surface area contributed by atoms with E-state index in [0.717, 1.165) is 6.07 Å². The predicted molar refractivity (Wildman–Crippen MR) is 69.8 cm³/mol. The van der Waals surface area contributed by atoms with Gasteiger partial charge in [-0.15, -0.1) is 0 Å². The number of aromatic carboxylic acids is 1. The van der Waals surface area contributed by atoms with Crippen molar-refractivity contribution in [1.29, 1.82) is 0 Å². The SMILES string of the molecule is CC1CN(c2cc(C(=O)O)c(N)cc2F)CCC1O. The van der Waals surface area contributed by atoms with Gasteiger partial charge in [0.25, 0.3) is 0 Å². The Kier molecular flexibility index (Phi) is 3.61. The zero-order valence-corrected chi connectivity index (χ0v) is 10.6. The summed E-state index contributed by atoms with van der Waals surface area (Å²) < 4.78 is 13.9. The fourth-order valence-corrected chi connectivity index (χ4v) is 2.36. The quantitative estimate of drug-likeness (QED) is 0.704. The molecule has 0 spiro atoms. The summed E-state index contributed by atoms with van der Waals surface area (Å²) in [5.41, 5.74) is 5.53. The van der Waals surface area contributed by atoms with E-state index in [-0.39, 0.29) is 22.9 Å². The van der Waals surface area contributed by atoms with Gasteiger partial charge in [0.1, 0.15) is 5.82 Å². The highest BCUT2D eigenvalue weighted by Crippen LogP contribution is 2.29. The molecule has 1 aromatic rings. The molecule has 6 heteroatoms. The number of hydrogen-bond donors (Lipinski definition) is 3. The molecule has 4 N–H and O–H groups in total. The van der Waals surface area contributed by atoms with Crippen LogP contribution in [-0.4, -0.2) is 35.4 Å². The first-order chi connectivity index (χ1) is 8.90. The lowest BCUT2D eigenvalue weighted by Crippen LogP contribution is -2.42. The van der Waals surface area contributed by atoms with Gasteiger partial charge < -0.3 is 20.8 Å². The largest absolute Gasteiger partial charge is 0.478 e. The smallest absolute Gasteiger partial charge is 0.337 e. The lowest BCUT2D eigenvalue weighted by molar-refractivity contribution is 0.0697. The maximum Gasteiger partial charge on any atom is 0.337 e. The van der Waals surface area contributed by atoms with Gasteiger partial charge in [-0.1, -0.05) is 6.92 Å². The zero-order chi connectivity index (χ0) is 14.2. The van der Waals surface area contributed by atoms with Crippen molar-refractivity contribution in [2.24, 2.45) is 5.92 Å². The van der Waals surface area contributed by atoms with Gasteiger partial charge in [-0.2, -0.15) is 0 Å². The Balaban J connectivity index is 2.34. The number of hydrogen-bond acceptors (Lipinski definition) is 4. The Labute approximate surface area is 110 Å². The molecule has 0 amide bonds. The van der Waals surface area contributed by atoms with E-state index in [1.54, 1.807) is 4.90 Å². The van der Waals surface area contributed by atoms with Crippen molar-refractivity contribution in [3.05, 3.63) is 23.5 Å². The Morgan fingerprint density at radius 3 is 2.79 bits per heavy atom. The van der Waals surface area contributed by atoms with Gasteiger partial charge >= 0.3 is 5.97 Å². The highest BCUT2D eigenvalue weighted by Gasteiger charge is 2.26. The molecule has 0 radical (unpaired) electrons. The molecule has 2 atom stereocenters. The average Bonchev–Trinajstić information content (AvgIpc) is 2.32. The summed E-state index contributed by atoms with van der Waals surface area (Å²) in [5.74, 6) is -1.70. The standard InChI is InChI=1S/C13H17FN2O3/c1-7-6-16(3-2-12(7)17)11-4-8(13(18)19)10(15)5-9(11)14/h4-5,7,12,17H,2-3,6,15H2,1H3,(H,18,19). The molecule has 104 valence electrons. The molecule has 5 nitrogen and oxygen atoms in total. The van der Waals surface area contributed by atoms with Crippen molar-refractivity contribution in [1.82, 2.24) is 0 Å². The number of carboxylic acid groups (broad SMARTS) is 1. The molecule has 2 rings (SSSR count). The molecule has 1 heterocycles. The normalized spacial score (nSPS) is 23.4. The number of benzene rings is 1. The van der Waals surface area contributed by atoms with Crippen LogP contribution in [0, 0.1) is 11.7 Å². The number of piperidine rings is 1. The number of rotatable bonds is 2. The molecule has 0 aliphatic carbocycles. The monoisotopic (exact) mass is 268 g/mol. The summed E-state index contributed by atoms with van der Waals surface area (Å²) in [6.07, 6.45) is 0.139. The third-order valence-electron chi connectivity index (χ3n) is 3.55. The van der Waals surface area contributed by atoms with Crippen LogP contribution in [0.15, 0.2) is 12.1 Å². The van der Waals surface area contributed by atoms with Crippen molar-refractivity contribution in [3.63, 3.8) is 0 Å². The molecule has 1 aliphatic rings. The molecule has 1 aliphatic heterocycles. The van der Waals surface area contributed by atoms with Gasteiger partial charge in [0.2, 0.25) is 0 Å². The van der Waals surface area contributed by atoms with Crippen LogP contribution in [0.25, 0.3) is 0 Å². The summed E-state index contributed by atoms with van der Waals surface area (Å²) in [4.78, 5) is 12.8. The van der Waals surface area contributed by atoms with Gasteiger partial charge in [-0.05, 0) is 24.5 Å². The van der Waals surface area contributed by atoms with Crippen LogP contribution in [-0.2, 0) is 0 Å². The first-order valence-electron chi connectivity index (χ1n) is 6.15. The predicted octanol–water partition coefficient (Wildman–Crippen LogP) is 1.31. The van der Waals surface area contributed by atoms with E-state index >= 15 is 0 Å². The van der Waals surface area contributed by atoms with E-state index in [0.29, 0.717) is 19.5 Å². The van der Waals surface area contributed by atoms with Gasteiger partial charge in [-0.3, -0.25) is 0 Å². The van der Waals surface area contributed by atoms with Crippen LogP contribution in [0.1, 0.15) is 23.7 Å². The maximum atomic E-state index is 13.9. The maximum absolute atomic E-state index is 13.9. The molecule has 1 saturated heterocycles. The Morgan fingerprint density at radius 2 is 2.21 bits per heavy atom. The van der Waals surface area contributed by atoms with Crippen LogP contribution in [0.2, 0.25) is 0 Å². The highest BCUT2D eigenvalue weighted by atomic mass is 19.1. The second-order valence-electron chi connectivity index (χ2n) is 4.98. The van der Waals surface area contributed by atoms with E-state index in [9.17, 15) is 14.3 Å². The van der Waals surface area contributed by atoms with Crippen LogP contribution in [0.5, 0.6) is 0 Å². The first kappa shape index (κ1) is 13.6. The van der Waals surface area contributed by atoms with Gasteiger partial charge in [0.05, 0.1) is 17.4 Å². The van der Waals surface area contributed by atoms with Crippen molar-refractivity contribution < 1.29 is 19.4 Å². The number of nitrogens with zero attached hydrogens (tertiary/aromatic N) is 1. The minimum Gasteiger partial charge on any atom is -0.478 e. The summed E-state index contributed by atoms with van der Waals surface area (Å²) in [7, 11) is 0. The van der Waals surface area contributed by atoms with E-state index in [1.807, 2.05) is 6.92 Å². The number of nitrogens with two attached hydrogens (primary N) is 1. The molecular weight excluding hydrogens is 251 g/mol. The second-order valence-corrected chi connectivity index (χ2v) is 4.98. The molecule has 1 aromatic carbocycles. The van der Waals surface area contributed by atoms with Crippen molar-refractivity contribution in [3.8, 4) is 0 Å². The number of halogens is 1. The van der Waals surface area contributed by atoms with E-state index in [4.69, 9.17) is 10.8 Å². The zero-order valence-electron chi connectivity index (χ0n) is 10.6. The molecule has 19 heavy (non-hydrogen) atoms. The van der Waals surface area contributed by atoms with Gasteiger partial charge in [-0.25, -0.2) is 9.18 Å². The van der Waals surface area contributed by atoms with Crippen LogP contribution in [0.4, 0.5) is 15.8 Å².